The summed E-state index contributed by atoms with van der Waals surface area (Å²) < 4.78 is 52.0. The van der Waals surface area contributed by atoms with Crippen molar-refractivity contribution >= 4 is 28.5 Å². The van der Waals surface area contributed by atoms with Crippen molar-refractivity contribution in [1.82, 2.24) is 9.97 Å². The van der Waals surface area contributed by atoms with Crippen LogP contribution in [0.1, 0.15) is 10.4 Å². The Morgan fingerprint density at radius 3 is 2.71 bits per heavy atom. The highest BCUT2D eigenvalue weighted by molar-refractivity contribution is 6.12. The van der Waals surface area contributed by atoms with Gasteiger partial charge in [0.25, 0.3) is 5.91 Å². The number of carbonyl (C=O) groups is 1. The van der Waals surface area contributed by atoms with Gasteiger partial charge in [0, 0.05) is 35.5 Å². The van der Waals surface area contributed by atoms with Gasteiger partial charge in [0.15, 0.2) is 0 Å². The van der Waals surface area contributed by atoms with Gasteiger partial charge in [-0.25, -0.2) is 4.98 Å². The summed E-state index contributed by atoms with van der Waals surface area (Å²) in [5.41, 5.74) is 6.19. The van der Waals surface area contributed by atoms with Crippen LogP contribution < -0.4 is 20.5 Å². The van der Waals surface area contributed by atoms with Gasteiger partial charge in [-0.15, -0.1) is 13.2 Å². The molecule has 0 aliphatic carbocycles. The molecule has 0 aliphatic rings. The molecule has 2 aromatic carbocycles. The molecule has 11 heteroatoms. The number of furan rings is 1. The molecule has 0 saturated heterocycles. The number of nitrogen functional groups attached to an aromatic ring is 1. The summed E-state index contributed by atoms with van der Waals surface area (Å²) in [5.74, 6) is -0.337. The van der Waals surface area contributed by atoms with Gasteiger partial charge in [-0.3, -0.25) is 4.79 Å². The average Bonchev–Trinajstić information content (AvgIpc) is 3.10. The number of carbonyl (C=O) groups excluding carboxylic acids is 1. The molecule has 0 fully saturated rings. The second-order valence-corrected chi connectivity index (χ2v) is 6.19. The summed E-state index contributed by atoms with van der Waals surface area (Å²) in [5, 5.41) is 3.00. The highest BCUT2D eigenvalue weighted by atomic mass is 19.4. The van der Waals surface area contributed by atoms with E-state index >= 15 is 0 Å². The van der Waals surface area contributed by atoms with Crippen molar-refractivity contribution in [3.05, 3.63) is 66.6 Å². The Kier molecular flexibility index (Phi) is 5.07. The molecule has 4 rings (SSSR count). The lowest BCUT2D eigenvalue weighted by Gasteiger charge is -2.10. The minimum atomic E-state index is -4.83. The first-order valence-electron chi connectivity index (χ1n) is 8.72. The van der Waals surface area contributed by atoms with Gasteiger partial charge in [0.1, 0.15) is 23.3 Å². The minimum Gasteiger partial charge on any atom is -0.463 e. The van der Waals surface area contributed by atoms with E-state index in [0.29, 0.717) is 16.7 Å². The van der Waals surface area contributed by atoms with Crippen molar-refractivity contribution in [2.75, 3.05) is 11.1 Å². The molecule has 0 unspecified atom stereocenters. The second kappa shape index (κ2) is 7.86. The van der Waals surface area contributed by atoms with Crippen LogP contribution in [0.4, 0.5) is 24.8 Å². The zero-order chi connectivity index (χ0) is 22.0. The third-order valence-electron chi connectivity index (χ3n) is 3.99. The molecule has 8 nitrogen and oxygen atoms in total. The summed E-state index contributed by atoms with van der Waals surface area (Å²) in [6.07, 6.45) is -2.15. The fraction of sp³-hybridized carbons (Fsp3) is 0.0500. The molecule has 0 aliphatic heterocycles. The summed E-state index contributed by atoms with van der Waals surface area (Å²) in [7, 11) is 0. The number of hydrogen-bond donors (Lipinski definition) is 2. The first-order chi connectivity index (χ1) is 14.8. The van der Waals surface area contributed by atoms with E-state index in [0.717, 1.165) is 12.1 Å². The van der Waals surface area contributed by atoms with Crippen molar-refractivity contribution < 1.29 is 31.9 Å². The van der Waals surface area contributed by atoms with Crippen molar-refractivity contribution in [3.8, 4) is 17.4 Å². The standard InChI is InChI=1S/C20H13F3N4O4/c21-20(22,23)31-13-3-1-2-11(8-13)26-18(28)15-10-29-16-9-12(4-5-14(15)16)30-17-6-7-25-19(24)27-17/h1-10H,(H,26,28)(H2,24,25,27). The van der Waals surface area contributed by atoms with E-state index in [1.165, 1.54) is 30.7 Å². The number of fused-ring (bicyclic) bond motifs is 1. The molecule has 0 radical (unpaired) electrons. The van der Waals surface area contributed by atoms with Gasteiger partial charge < -0.3 is 24.9 Å². The Morgan fingerprint density at radius 2 is 1.94 bits per heavy atom. The van der Waals surface area contributed by atoms with Crippen molar-refractivity contribution in [1.29, 1.82) is 0 Å². The molecule has 158 valence electrons. The van der Waals surface area contributed by atoms with Crippen LogP contribution in [0.3, 0.4) is 0 Å². The van der Waals surface area contributed by atoms with Gasteiger partial charge in [0.05, 0.1) is 5.56 Å². The first kappa shape index (κ1) is 20.0. The second-order valence-electron chi connectivity index (χ2n) is 6.19. The summed E-state index contributed by atoms with van der Waals surface area (Å²) in [6.45, 7) is 0. The number of benzene rings is 2. The van der Waals surface area contributed by atoms with Crippen molar-refractivity contribution in [2.45, 2.75) is 6.36 Å². The molecule has 2 heterocycles. The zero-order valence-electron chi connectivity index (χ0n) is 15.5. The van der Waals surface area contributed by atoms with E-state index in [4.69, 9.17) is 14.9 Å². The number of nitrogens with one attached hydrogen (secondary N) is 1. The van der Waals surface area contributed by atoms with Gasteiger partial charge in [-0.05, 0) is 24.3 Å². The number of halogens is 3. The lowest BCUT2D eigenvalue weighted by atomic mass is 10.1. The maximum absolute atomic E-state index is 12.6. The van der Waals surface area contributed by atoms with Crippen LogP contribution in [-0.2, 0) is 0 Å². The van der Waals surface area contributed by atoms with Crippen molar-refractivity contribution in [3.63, 3.8) is 0 Å². The Labute approximate surface area is 172 Å². The third-order valence-corrected chi connectivity index (χ3v) is 3.99. The largest absolute Gasteiger partial charge is 0.573 e. The molecule has 4 aromatic rings. The third kappa shape index (κ3) is 4.83. The van der Waals surface area contributed by atoms with Gasteiger partial charge >= 0.3 is 6.36 Å². The fourth-order valence-electron chi connectivity index (χ4n) is 2.75. The van der Waals surface area contributed by atoms with Gasteiger partial charge in [-0.1, -0.05) is 6.07 Å². The molecule has 0 saturated carbocycles. The Hall–Kier alpha value is -4.28. The number of hydrogen-bond acceptors (Lipinski definition) is 7. The van der Waals surface area contributed by atoms with Crippen molar-refractivity contribution in [2.24, 2.45) is 0 Å². The molecule has 0 atom stereocenters. The number of alkyl halides is 3. The molecule has 2 aromatic heterocycles. The lowest BCUT2D eigenvalue weighted by molar-refractivity contribution is -0.274. The smallest absolute Gasteiger partial charge is 0.463 e. The lowest BCUT2D eigenvalue weighted by Crippen LogP contribution is -2.17. The molecule has 0 spiro atoms. The average molecular weight is 430 g/mol. The number of ether oxygens (including phenoxy) is 2. The zero-order valence-corrected chi connectivity index (χ0v) is 15.5. The predicted molar refractivity (Wildman–Crippen MR) is 104 cm³/mol. The number of rotatable bonds is 5. The minimum absolute atomic E-state index is 0.0558. The molecular formula is C20H13F3N4O4. The van der Waals surface area contributed by atoms with E-state index in [9.17, 15) is 18.0 Å². The molecular weight excluding hydrogens is 417 g/mol. The summed E-state index contributed by atoms with van der Waals surface area (Å²) >= 11 is 0. The van der Waals surface area contributed by atoms with Crippen LogP contribution in [0, 0.1) is 0 Å². The van der Waals surface area contributed by atoms with Crippen LogP contribution in [0.15, 0.2) is 65.4 Å². The summed E-state index contributed by atoms with van der Waals surface area (Å²) in [4.78, 5) is 20.3. The van der Waals surface area contributed by atoms with E-state index in [2.05, 4.69) is 20.0 Å². The maximum Gasteiger partial charge on any atom is 0.573 e. The number of anilines is 2. The fourth-order valence-corrected chi connectivity index (χ4v) is 2.75. The number of amides is 1. The van der Waals surface area contributed by atoms with Crippen LogP contribution in [-0.4, -0.2) is 22.2 Å². The molecule has 1 amide bonds. The number of aromatic nitrogens is 2. The maximum atomic E-state index is 12.6. The van der Waals surface area contributed by atoms with Crippen LogP contribution >= 0.6 is 0 Å². The monoisotopic (exact) mass is 430 g/mol. The van der Waals surface area contributed by atoms with Gasteiger partial charge in [-0.2, -0.15) is 4.98 Å². The van der Waals surface area contributed by atoms with E-state index in [-0.39, 0.29) is 23.1 Å². The predicted octanol–water partition coefficient (Wildman–Crippen LogP) is 4.75. The van der Waals surface area contributed by atoms with Gasteiger partial charge in [0.2, 0.25) is 11.8 Å². The van der Waals surface area contributed by atoms with Crippen LogP contribution in [0.25, 0.3) is 11.0 Å². The number of nitrogens with zero attached hydrogens (tertiary/aromatic N) is 2. The highest BCUT2D eigenvalue weighted by Gasteiger charge is 2.31. The topological polar surface area (TPSA) is 113 Å². The van der Waals surface area contributed by atoms with E-state index < -0.39 is 18.0 Å². The van der Waals surface area contributed by atoms with E-state index in [1.54, 1.807) is 18.2 Å². The molecule has 0 bridgehead atoms. The first-order valence-corrected chi connectivity index (χ1v) is 8.72. The Bertz CT molecular complexity index is 1260. The quantitative estimate of drug-likeness (QED) is 0.470. The van der Waals surface area contributed by atoms with Crippen LogP contribution in [0.5, 0.6) is 17.4 Å². The molecule has 31 heavy (non-hydrogen) atoms. The highest BCUT2D eigenvalue weighted by Crippen LogP contribution is 2.29. The summed E-state index contributed by atoms with van der Waals surface area (Å²) in [6, 6.07) is 11.2. The van der Waals surface area contributed by atoms with Crippen LogP contribution in [0.2, 0.25) is 0 Å². The SMILES string of the molecule is Nc1nccc(Oc2ccc3c(C(=O)Nc4cccc(OC(F)(F)F)c4)coc3c2)n1. The normalized spacial score (nSPS) is 11.3. The van der Waals surface area contributed by atoms with E-state index in [1.807, 2.05) is 0 Å². The Morgan fingerprint density at radius 1 is 1.10 bits per heavy atom. The Balaban J connectivity index is 1.52. The number of nitrogens with two attached hydrogens (primary N) is 1. The molecule has 3 N–H and O–H groups in total.